The van der Waals surface area contributed by atoms with Gasteiger partial charge in [-0.05, 0) is 6.92 Å². The van der Waals surface area contributed by atoms with Crippen LogP contribution in [0.3, 0.4) is 0 Å². The van der Waals surface area contributed by atoms with Crippen molar-refractivity contribution in [1.82, 2.24) is 15.5 Å². The minimum Gasteiger partial charge on any atom is -0.378 e. The van der Waals surface area contributed by atoms with Crippen molar-refractivity contribution in [2.24, 2.45) is 0 Å². The molecule has 0 aliphatic carbocycles. The first-order chi connectivity index (χ1) is 7.69. The highest BCUT2D eigenvalue weighted by Gasteiger charge is 2.26. The van der Waals surface area contributed by atoms with Gasteiger partial charge in [-0.2, -0.15) is 0 Å². The first kappa shape index (κ1) is 12.9. The normalized spacial score (nSPS) is 20.2. The van der Waals surface area contributed by atoms with Gasteiger partial charge >= 0.3 is 0 Å². The first-order valence-electron chi connectivity index (χ1n) is 5.49. The molecule has 1 rings (SSSR count). The number of rotatable bonds is 4. The van der Waals surface area contributed by atoms with Gasteiger partial charge in [0.1, 0.15) is 6.04 Å². The van der Waals surface area contributed by atoms with Gasteiger partial charge in [0.15, 0.2) is 0 Å². The molecule has 0 aromatic carbocycles. The number of carbonyl (C=O) groups excluding carboxylic acids is 2. The molecule has 1 heterocycles. The number of nitrogens with zero attached hydrogens (tertiary/aromatic N) is 1. The van der Waals surface area contributed by atoms with Crippen molar-refractivity contribution < 1.29 is 14.3 Å². The summed E-state index contributed by atoms with van der Waals surface area (Å²) in [5, 5.41) is 5.58. The van der Waals surface area contributed by atoms with E-state index in [1.807, 2.05) is 6.92 Å². The van der Waals surface area contributed by atoms with Crippen molar-refractivity contribution in [3.8, 4) is 0 Å². The molecule has 0 saturated carbocycles. The van der Waals surface area contributed by atoms with Gasteiger partial charge in [-0.25, -0.2) is 0 Å². The van der Waals surface area contributed by atoms with Crippen molar-refractivity contribution in [1.29, 1.82) is 0 Å². The van der Waals surface area contributed by atoms with Crippen LogP contribution in [0.25, 0.3) is 0 Å². The third kappa shape index (κ3) is 3.46. The topological polar surface area (TPSA) is 70.7 Å². The maximum atomic E-state index is 12.0. The third-order valence-electron chi connectivity index (χ3n) is 2.53. The average Bonchev–Trinajstić information content (AvgIpc) is 2.35. The lowest BCUT2D eigenvalue weighted by atomic mass is 10.2. The average molecular weight is 229 g/mol. The number of hydrogen-bond donors (Lipinski definition) is 2. The summed E-state index contributed by atoms with van der Waals surface area (Å²) < 4.78 is 5.22. The molecule has 6 heteroatoms. The van der Waals surface area contributed by atoms with Crippen molar-refractivity contribution in [3.05, 3.63) is 0 Å². The summed E-state index contributed by atoms with van der Waals surface area (Å²) in [6.07, 6.45) is 0. The Labute approximate surface area is 95.3 Å². The van der Waals surface area contributed by atoms with Gasteiger partial charge in [-0.15, -0.1) is 0 Å². The highest BCUT2D eigenvalue weighted by molar-refractivity contribution is 5.87. The fourth-order valence-electron chi connectivity index (χ4n) is 1.54. The van der Waals surface area contributed by atoms with Crippen molar-refractivity contribution in [3.63, 3.8) is 0 Å². The van der Waals surface area contributed by atoms with Crippen molar-refractivity contribution in [2.45, 2.75) is 13.0 Å². The highest BCUT2D eigenvalue weighted by Crippen LogP contribution is 2.00. The molecule has 0 aromatic rings. The molecule has 1 atom stereocenters. The van der Waals surface area contributed by atoms with Gasteiger partial charge in [-0.1, -0.05) is 0 Å². The zero-order valence-corrected chi connectivity index (χ0v) is 9.78. The Morgan fingerprint density at radius 1 is 1.56 bits per heavy atom. The maximum absolute atomic E-state index is 12.0. The van der Waals surface area contributed by atoms with Gasteiger partial charge in [0.05, 0.1) is 19.8 Å². The third-order valence-corrected chi connectivity index (χ3v) is 2.53. The van der Waals surface area contributed by atoms with Gasteiger partial charge < -0.3 is 20.3 Å². The van der Waals surface area contributed by atoms with Crippen molar-refractivity contribution in [2.75, 3.05) is 39.9 Å². The molecular formula is C10H19N3O3. The Bertz CT molecular complexity index is 252. The van der Waals surface area contributed by atoms with E-state index in [4.69, 9.17) is 4.74 Å². The minimum atomic E-state index is -0.321. The molecule has 92 valence electrons. The fourth-order valence-corrected chi connectivity index (χ4v) is 1.54. The van der Waals surface area contributed by atoms with E-state index in [1.165, 1.54) is 4.90 Å². The lowest BCUT2D eigenvalue weighted by Gasteiger charge is -2.28. The minimum absolute atomic E-state index is 0.0780. The van der Waals surface area contributed by atoms with Crippen LogP contribution in [0.15, 0.2) is 0 Å². The van der Waals surface area contributed by atoms with Crippen LogP contribution in [-0.2, 0) is 14.3 Å². The zero-order valence-electron chi connectivity index (χ0n) is 9.78. The van der Waals surface area contributed by atoms with E-state index in [9.17, 15) is 9.59 Å². The molecule has 2 amide bonds. The summed E-state index contributed by atoms with van der Waals surface area (Å²) in [5.41, 5.74) is 0. The summed E-state index contributed by atoms with van der Waals surface area (Å²) in [6, 6.07) is -0.321. The van der Waals surface area contributed by atoms with E-state index >= 15 is 0 Å². The number of carbonyl (C=O) groups is 2. The number of nitrogens with one attached hydrogen (secondary N) is 2. The summed E-state index contributed by atoms with van der Waals surface area (Å²) in [5.74, 6) is -0.238. The monoisotopic (exact) mass is 229 g/mol. The number of morpholine rings is 1. The molecule has 16 heavy (non-hydrogen) atoms. The summed E-state index contributed by atoms with van der Waals surface area (Å²) in [4.78, 5) is 24.7. The van der Waals surface area contributed by atoms with Crippen molar-refractivity contribution >= 4 is 11.8 Å². The molecule has 2 N–H and O–H groups in total. The zero-order chi connectivity index (χ0) is 12.0. The molecule has 1 saturated heterocycles. The predicted octanol–water partition coefficient (Wildman–Crippen LogP) is -1.43. The molecule has 1 unspecified atom stereocenters. The second kappa shape index (κ2) is 6.44. The SMILES string of the molecule is CCN(CC(=O)NC)C(=O)C1COCCN1. The Kier molecular flexibility index (Phi) is 5.21. The molecule has 1 fully saturated rings. The summed E-state index contributed by atoms with van der Waals surface area (Å²) in [6.45, 7) is 4.15. The van der Waals surface area contributed by atoms with Crippen LogP contribution in [-0.4, -0.2) is 62.7 Å². The quantitative estimate of drug-likeness (QED) is 0.620. The molecular weight excluding hydrogens is 210 g/mol. The lowest BCUT2D eigenvalue weighted by Crippen LogP contribution is -2.54. The van der Waals surface area contributed by atoms with Crippen LogP contribution in [0.4, 0.5) is 0 Å². The van der Waals surface area contributed by atoms with Crippen LogP contribution < -0.4 is 10.6 Å². The number of hydrogen-bond acceptors (Lipinski definition) is 4. The molecule has 1 aliphatic rings. The van der Waals surface area contributed by atoms with Crippen LogP contribution in [0.2, 0.25) is 0 Å². The maximum Gasteiger partial charge on any atom is 0.242 e. The summed E-state index contributed by atoms with van der Waals surface area (Å²) >= 11 is 0. The van der Waals surface area contributed by atoms with Gasteiger partial charge in [0, 0.05) is 20.1 Å². The predicted molar refractivity (Wildman–Crippen MR) is 58.9 cm³/mol. The lowest BCUT2D eigenvalue weighted by molar-refractivity contribution is -0.139. The van der Waals surface area contributed by atoms with Gasteiger partial charge in [-0.3, -0.25) is 9.59 Å². The number of ether oxygens (including phenoxy) is 1. The second-order valence-corrected chi connectivity index (χ2v) is 3.61. The van der Waals surface area contributed by atoms with Gasteiger partial charge in [0.2, 0.25) is 11.8 Å². The van der Waals surface area contributed by atoms with Gasteiger partial charge in [0.25, 0.3) is 0 Å². The van der Waals surface area contributed by atoms with Crippen LogP contribution in [0.1, 0.15) is 6.92 Å². The largest absolute Gasteiger partial charge is 0.378 e. The first-order valence-corrected chi connectivity index (χ1v) is 5.49. The fraction of sp³-hybridized carbons (Fsp3) is 0.800. The van der Waals surface area contributed by atoms with E-state index in [1.54, 1.807) is 7.05 Å². The molecule has 1 aliphatic heterocycles. The molecule has 0 spiro atoms. The Morgan fingerprint density at radius 2 is 2.31 bits per heavy atom. The smallest absolute Gasteiger partial charge is 0.242 e. The Balaban J connectivity index is 2.50. The molecule has 6 nitrogen and oxygen atoms in total. The number of likely N-dealkylation sites (N-methyl/N-ethyl adjacent to an activating group) is 2. The number of amides is 2. The van der Waals surface area contributed by atoms with Crippen LogP contribution in [0, 0.1) is 0 Å². The van der Waals surface area contributed by atoms with Crippen LogP contribution in [0.5, 0.6) is 0 Å². The van der Waals surface area contributed by atoms with Crippen LogP contribution >= 0.6 is 0 Å². The molecule has 0 radical (unpaired) electrons. The Morgan fingerprint density at radius 3 is 2.81 bits per heavy atom. The van der Waals surface area contributed by atoms with E-state index < -0.39 is 0 Å². The van der Waals surface area contributed by atoms with E-state index in [2.05, 4.69) is 10.6 Å². The van der Waals surface area contributed by atoms with E-state index in [0.717, 1.165) is 0 Å². The highest BCUT2D eigenvalue weighted by atomic mass is 16.5. The standard InChI is InChI=1S/C10H19N3O3/c1-3-13(6-9(14)11-2)10(15)8-7-16-5-4-12-8/h8,12H,3-7H2,1-2H3,(H,11,14). The Hall–Kier alpha value is -1.14. The van der Waals surface area contributed by atoms with E-state index in [-0.39, 0.29) is 24.4 Å². The van der Waals surface area contributed by atoms with E-state index in [0.29, 0.717) is 26.3 Å². The summed E-state index contributed by atoms with van der Waals surface area (Å²) in [7, 11) is 1.56. The molecule has 0 aromatic heterocycles. The molecule has 0 bridgehead atoms. The second-order valence-electron chi connectivity index (χ2n) is 3.61.